The van der Waals surface area contributed by atoms with Crippen LogP contribution in [0.25, 0.3) is 0 Å². The molecule has 0 fully saturated rings. The largest absolute Gasteiger partial charge is 0.454 e. The quantitative estimate of drug-likeness (QED) is 0.918. The van der Waals surface area contributed by atoms with E-state index in [2.05, 4.69) is 57.3 Å². The van der Waals surface area contributed by atoms with E-state index in [0.717, 1.165) is 18.0 Å². The zero-order chi connectivity index (χ0) is 15.7. The molecule has 2 aromatic carbocycles. The lowest BCUT2D eigenvalue weighted by molar-refractivity contribution is 0.174. The highest BCUT2D eigenvalue weighted by atomic mass is 16.7. The summed E-state index contributed by atoms with van der Waals surface area (Å²) in [4.78, 5) is 0. The molecule has 0 amide bonds. The minimum atomic E-state index is 0.260. The van der Waals surface area contributed by atoms with Crippen LogP contribution in [0, 0.1) is 20.8 Å². The number of hydrogen-bond donors (Lipinski definition) is 1. The van der Waals surface area contributed by atoms with Gasteiger partial charge in [0, 0.05) is 12.6 Å². The van der Waals surface area contributed by atoms with Crippen molar-refractivity contribution in [2.45, 2.75) is 40.3 Å². The lowest BCUT2D eigenvalue weighted by Gasteiger charge is -2.17. The second kappa shape index (κ2) is 6.01. The summed E-state index contributed by atoms with van der Waals surface area (Å²) in [5, 5.41) is 3.60. The van der Waals surface area contributed by atoms with E-state index in [1.165, 1.54) is 27.8 Å². The first-order chi connectivity index (χ1) is 10.5. The smallest absolute Gasteiger partial charge is 0.231 e. The van der Waals surface area contributed by atoms with Gasteiger partial charge in [0.1, 0.15) is 0 Å². The zero-order valence-electron chi connectivity index (χ0n) is 13.7. The molecule has 0 saturated heterocycles. The number of aryl methyl sites for hydroxylation is 3. The van der Waals surface area contributed by atoms with Crippen molar-refractivity contribution in [2.75, 3.05) is 6.79 Å². The Balaban J connectivity index is 1.70. The van der Waals surface area contributed by atoms with E-state index in [4.69, 9.17) is 9.47 Å². The first-order valence-electron chi connectivity index (χ1n) is 7.74. The highest BCUT2D eigenvalue weighted by molar-refractivity contribution is 5.45. The number of hydrogen-bond acceptors (Lipinski definition) is 3. The molecule has 0 aliphatic carbocycles. The van der Waals surface area contributed by atoms with Gasteiger partial charge in [-0.25, -0.2) is 0 Å². The molecule has 116 valence electrons. The third kappa shape index (κ3) is 2.95. The van der Waals surface area contributed by atoms with Crippen LogP contribution in [0.15, 0.2) is 30.3 Å². The van der Waals surface area contributed by atoms with Crippen LogP contribution in [-0.4, -0.2) is 6.79 Å². The van der Waals surface area contributed by atoms with Crippen molar-refractivity contribution in [3.05, 3.63) is 58.1 Å². The first-order valence-corrected chi connectivity index (χ1v) is 7.74. The molecule has 3 nitrogen and oxygen atoms in total. The van der Waals surface area contributed by atoms with Crippen LogP contribution in [0.2, 0.25) is 0 Å². The van der Waals surface area contributed by atoms with Crippen molar-refractivity contribution < 1.29 is 9.47 Å². The van der Waals surface area contributed by atoms with E-state index in [1.807, 2.05) is 6.07 Å². The van der Waals surface area contributed by atoms with Crippen molar-refractivity contribution in [3.63, 3.8) is 0 Å². The summed E-state index contributed by atoms with van der Waals surface area (Å²) in [6, 6.07) is 10.9. The summed E-state index contributed by atoms with van der Waals surface area (Å²) in [5.74, 6) is 1.68. The Labute approximate surface area is 132 Å². The molecule has 0 bridgehead atoms. The van der Waals surface area contributed by atoms with Crippen LogP contribution in [0.4, 0.5) is 0 Å². The molecule has 0 aromatic heterocycles. The van der Waals surface area contributed by atoms with E-state index in [9.17, 15) is 0 Å². The average molecular weight is 297 g/mol. The number of ether oxygens (including phenoxy) is 2. The monoisotopic (exact) mass is 297 g/mol. The second-order valence-corrected chi connectivity index (χ2v) is 6.08. The van der Waals surface area contributed by atoms with Gasteiger partial charge in [-0.05, 0) is 67.6 Å². The third-order valence-electron chi connectivity index (χ3n) is 4.45. The lowest BCUT2D eigenvalue weighted by Crippen LogP contribution is -2.18. The number of nitrogens with one attached hydrogen (secondary N) is 1. The summed E-state index contributed by atoms with van der Waals surface area (Å²) in [6.45, 7) is 9.86. The highest BCUT2D eigenvalue weighted by Gasteiger charge is 2.15. The van der Waals surface area contributed by atoms with Crippen LogP contribution in [0.1, 0.15) is 40.8 Å². The molecule has 1 aliphatic heterocycles. The molecule has 2 aromatic rings. The van der Waals surface area contributed by atoms with E-state index in [-0.39, 0.29) is 6.04 Å². The Hall–Kier alpha value is -2.00. The van der Waals surface area contributed by atoms with Crippen molar-refractivity contribution in [2.24, 2.45) is 0 Å². The first kappa shape index (κ1) is 14.9. The number of fused-ring (bicyclic) bond motifs is 1. The maximum Gasteiger partial charge on any atom is 0.231 e. The van der Waals surface area contributed by atoms with E-state index < -0.39 is 0 Å². The Kier molecular flexibility index (Phi) is 4.08. The molecule has 1 N–H and O–H groups in total. The van der Waals surface area contributed by atoms with Gasteiger partial charge in [0.05, 0.1) is 0 Å². The summed E-state index contributed by atoms with van der Waals surface area (Å²) in [7, 11) is 0. The lowest BCUT2D eigenvalue weighted by atomic mass is 10.0. The topological polar surface area (TPSA) is 30.5 Å². The minimum absolute atomic E-state index is 0.260. The maximum absolute atomic E-state index is 5.45. The summed E-state index contributed by atoms with van der Waals surface area (Å²) >= 11 is 0. The molecule has 1 atom stereocenters. The predicted molar refractivity (Wildman–Crippen MR) is 88.5 cm³/mol. The minimum Gasteiger partial charge on any atom is -0.454 e. The van der Waals surface area contributed by atoms with E-state index in [0.29, 0.717) is 6.79 Å². The van der Waals surface area contributed by atoms with Crippen molar-refractivity contribution in [3.8, 4) is 11.5 Å². The van der Waals surface area contributed by atoms with Crippen LogP contribution in [-0.2, 0) is 6.54 Å². The standard InChI is InChI=1S/C19H23NO2/c1-12-7-14(3)17(8-13(12)2)10-20-15(4)16-5-6-18-19(9-16)22-11-21-18/h5-9,15,20H,10-11H2,1-4H3. The molecule has 1 aliphatic rings. The van der Waals surface area contributed by atoms with Gasteiger partial charge < -0.3 is 14.8 Å². The third-order valence-corrected chi connectivity index (χ3v) is 4.45. The number of benzene rings is 2. The van der Waals surface area contributed by atoms with Gasteiger partial charge in [0.2, 0.25) is 6.79 Å². The van der Waals surface area contributed by atoms with Gasteiger partial charge in [-0.1, -0.05) is 18.2 Å². The number of rotatable bonds is 4. The molecule has 3 rings (SSSR count). The Bertz CT molecular complexity index is 694. The SMILES string of the molecule is Cc1cc(C)c(CNC(C)c2ccc3c(c2)OCO3)cc1C. The van der Waals surface area contributed by atoms with Gasteiger partial charge in [-0.2, -0.15) is 0 Å². The van der Waals surface area contributed by atoms with Gasteiger partial charge >= 0.3 is 0 Å². The summed E-state index contributed by atoms with van der Waals surface area (Å²) < 4.78 is 10.8. The van der Waals surface area contributed by atoms with E-state index in [1.54, 1.807) is 0 Å². The fraction of sp³-hybridized carbons (Fsp3) is 0.368. The Morgan fingerprint density at radius 3 is 2.50 bits per heavy atom. The Morgan fingerprint density at radius 2 is 1.68 bits per heavy atom. The fourth-order valence-corrected chi connectivity index (χ4v) is 2.77. The molecule has 0 saturated carbocycles. The molecule has 3 heteroatoms. The summed E-state index contributed by atoms with van der Waals surface area (Å²) in [6.07, 6.45) is 0. The molecule has 1 unspecified atom stereocenters. The molecular formula is C19H23NO2. The zero-order valence-corrected chi connectivity index (χ0v) is 13.7. The predicted octanol–water partition coefficient (Wildman–Crippen LogP) is 4.19. The van der Waals surface area contributed by atoms with Gasteiger partial charge in [0.25, 0.3) is 0 Å². The highest BCUT2D eigenvalue weighted by Crippen LogP contribution is 2.34. The summed E-state index contributed by atoms with van der Waals surface area (Å²) in [5.41, 5.74) is 6.61. The molecular weight excluding hydrogens is 274 g/mol. The van der Waals surface area contributed by atoms with Crippen LogP contribution >= 0.6 is 0 Å². The van der Waals surface area contributed by atoms with Crippen molar-refractivity contribution >= 4 is 0 Å². The molecule has 0 radical (unpaired) electrons. The van der Waals surface area contributed by atoms with Crippen LogP contribution in [0.3, 0.4) is 0 Å². The van der Waals surface area contributed by atoms with Crippen molar-refractivity contribution in [1.82, 2.24) is 5.32 Å². The van der Waals surface area contributed by atoms with Crippen LogP contribution in [0.5, 0.6) is 11.5 Å². The normalized spacial score (nSPS) is 14.2. The van der Waals surface area contributed by atoms with Gasteiger partial charge in [0.15, 0.2) is 11.5 Å². The van der Waals surface area contributed by atoms with Crippen molar-refractivity contribution in [1.29, 1.82) is 0 Å². The van der Waals surface area contributed by atoms with E-state index >= 15 is 0 Å². The van der Waals surface area contributed by atoms with Gasteiger partial charge in [-0.15, -0.1) is 0 Å². The fourth-order valence-electron chi connectivity index (χ4n) is 2.77. The second-order valence-electron chi connectivity index (χ2n) is 6.08. The molecule has 1 heterocycles. The Morgan fingerprint density at radius 1 is 0.955 bits per heavy atom. The molecule has 0 spiro atoms. The van der Waals surface area contributed by atoms with Crippen LogP contribution < -0.4 is 14.8 Å². The maximum atomic E-state index is 5.45. The molecule has 22 heavy (non-hydrogen) atoms. The average Bonchev–Trinajstić information content (AvgIpc) is 2.96. The van der Waals surface area contributed by atoms with Gasteiger partial charge in [-0.3, -0.25) is 0 Å².